The molecule has 0 saturated carbocycles. The molecule has 1 fully saturated rings. The summed E-state index contributed by atoms with van der Waals surface area (Å²) in [5, 5.41) is 17.0. The van der Waals surface area contributed by atoms with E-state index in [0.29, 0.717) is 40.9 Å². The summed E-state index contributed by atoms with van der Waals surface area (Å²) >= 11 is 6.25. The lowest BCUT2D eigenvalue weighted by Crippen LogP contribution is -2.46. The Kier molecular flexibility index (Phi) is 7.15. The first-order valence-electron chi connectivity index (χ1n) is 11.5. The molecule has 0 aliphatic carbocycles. The lowest BCUT2D eigenvalue weighted by Gasteiger charge is -2.17. The summed E-state index contributed by atoms with van der Waals surface area (Å²) in [4.78, 5) is 29.3. The molecule has 1 aliphatic heterocycles. The third-order valence-electron chi connectivity index (χ3n) is 6.05. The summed E-state index contributed by atoms with van der Waals surface area (Å²) in [6.45, 7) is 0.696. The highest BCUT2D eigenvalue weighted by Crippen LogP contribution is 2.32. The van der Waals surface area contributed by atoms with E-state index in [0.717, 1.165) is 11.1 Å². The van der Waals surface area contributed by atoms with E-state index in [-0.39, 0.29) is 0 Å². The molecule has 13 heteroatoms. The molecule has 0 radical (unpaired) electrons. The number of benzene rings is 1. The van der Waals surface area contributed by atoms with Crippen molar-refractivity contribution in [3.05, 3.63) is 71.5 Å². The number of aliphatic hydroxyl groups excluding tert-OH is 1. The Morgan fingerprint density at radius 3 is 2.95 bits per heavy atom. The summed E-state index contributed by atoms with van der Waals surface area (Å²) in [6, 6.07) is 8.26. The van der Waals surface area contributed by atoms with Crippen LogP contribution in [0, 0.1) is 0 Å². The molecule has 5 rings (SSSR count). The molecule has 0 bridgehead atoms. The number of imidazole rings is 1. The number of hydrogen-bond donors (Lipinski definition) is 4. The highest BCUT2D eigenvalue weighted by Gasteiger charge is 2.46. The van der Waals surface area contributed by atoms with Crippen LogP contribution in [-0.2, 0) is 22.7 Å². The highest BCUT2D eigenvalue weighted by molar-refractivity contribution is 6.30. The van der Waals surface area contributed by atoms with Crippen LogP contribution in [-0.4, -0.2) is 60.8 Å². The Hall–Kier alpha value is -3.84. The van der Waals surface area contributed by atoms with Crippen molar-refractivity contribution in [1.29, 1.82) is 0 Å². The average molecular weight is 525 g/mol. The van der Waals surface area contributed by atoms with Crippen molar-refractivity contribution in [2.75, 3.05) is 12.4 Å². The normalized spacial score (nSPS) is 21.2. The summed E-state index contributed by atoms with van der Waals surface area (Å²) in [6.07, 6.45) is 3.21. The maximum absolute atomic E-state index is 12.1. The zero-order valence-corrected chi connectivity index (χ0v) is 20.5. The van der Waals surface area contributed by atoms with Gasteiger partial charge in [0.05, 0.1) is 12.4 Å². The van der Waals surface area contributed by atoms with Gasteiger partial charge in [-0.05, 0) is 24.3 Å². The van der Waals surface area contributed by atoms with E-state index in [4.69, 9.17) is 26.8 Å². The fourth-order valence-corrected chi connectivity index (χ4v) is 4.31. The molecule has 1 amide bonds. The molecule has 4 heterocycles. The number of ether oxygens (including phenoxy) is 2. The van der Waals surface area contributed by atoms with Crippen LogP contribution >= 0.6 is 11.6 Å². The molecule has 37 heavy (non-hydrogen) atoms. The number of aromatic nitrogens is 5. The number of carbonyl (C=O) groups excluding carboxylic acids is 1. The fraction of sp³-hybridized carbons (Fsp3) is 0.292. The minimum Gasteiger partial charge on any atom is -0.488 e. The topological polar surface area (TPSA) is 162 Å². The van der Waals surface area contributed by atoms with Crippen LogP contribution in [0.5, 0.6) is 5.75 Å². The Morgan fingerprint density at radius 1 is 1.30 bits per heavy atom. The number of aliphatic hydroxyl groups is 1. The maximum Gasteiger partial charge on any atom is 0.250 e. The molecule has 4 atom stereocenters. The zero-order chi connectivity index (χ0) is 25.9. The smallest absolute Gasteiger partial charge is 0.250 e. The van der Waals surface area contributed by atoms with Gasteiger partial charge in [-0.25, -0.2) is 15.0 Å². The van der Waals surface area contributed by atoms with Gasteiger partial charge in [-0.1, -0.05) is 17.7 Å². The van der Waals surface area contributed by atoms with E-state index in [1.165, 1.54) is 24.3 Å². The van der Waals surface area contributed by atoms with Crippen molar-refractivity contribution in [1.82, 2.24) is 29.8 Å². The summed E-state index contributed by atoms with van der Waals surface area (Å²) in [7, 11) is 1.48. The quantitative estimate of drug-likeness (QED) is 0.265. The van der Waals surface area contributed by atoms with Gasteiger partial charge in [0.2, 0.25) is 0 Å². The van der Waals surface area contributed by atoms with Crippen LogP contribution in [0.1, 0.15) is 17.4 Å². The standard InChI is InChI=1S/C24H25ClN8O4/c1-27-23(35)20-17(26)19(34)24(37-20)33-12-32-18-21(30-11-31-22(18)33)29-9-14-7-15(25)4-5-16(14)36-10-13-3-2-6-28-8-13/h2-8,11-12,17,19-20,24,34H,9-10,26H2,1H3,(H,27,35)(H,29,30,31)/t17-,19+,20-,24+/m0/s1. The molecule has 1 aromatic carbocycles. The monoisotopic (exact) mass is 524 g/mol. The Bertz CT molecular complexity index is 1400. The van der Waals surface area contributed by atoms with Gasteiger partial charge in [-0.15, -0.1) is 0 Å². The second-order valence-electron chi connectivity index (χ2n) is 8.43. The van der Waals surface area contributed by atoms with E-state index in [1.807, 2.05) is 24.3 Å². The number of pyridine rings is 1. The molecule has 3 aromatic heterocycles. The Balaban J connectivity index is 1.35. The second-order valence-corrected chi connectivity index (χ2v) is 8.87. The van der Waals surface area contributed by atoms with Gasteiger partial charge in [0, 0.05) is 42.1 Å². The van der Waals surface area contributed by atoms with E-state index >= 15 is 0 Å². The van der Waals surface area contributed by atoms with Crippen molar-refractivity contribution in [3.63, 3.8) is 0 Å². The van der Waals surface area contributed by atoms with Gasteiger partial charge in [-0.3, -0.25) is 14.3 Å². The molecular formula is C24H25ClN8O4. The van der Waals surface area contributed by atoms with Crippen molar-refractivity contribution in [2.45, 2.75) is 37.6 Å². The van der Waals surface area contributed by atoms with Crippen LogP contribution in [0.3, 0.4) is 0 Å². The van der Waals surface area contributed by atoms with Crippen LogP contribution < -0.4 is 21.1 Å². The number of halogens is 1. The third kappa shape index (κ3) is 5.04. The van der Waals surface area contributed by atoms with Gasteiger partial charge in [0.25, 0.3) is 5.91 Å². The Morgan fingerprint density at radius 2 is 2.16 bits per heavy atom. The summed E-state index contributed by atoms with van der Waals surface area (Å²) < 4.78 is 13.3. The number of nitrogens with two attached hydrogens (primary N) is 1. The minimum atomic E-state index is -1.14. The Labute approximate surface area is 216 Å². The molecule has 12 nitrogen and oxygen atoms in total. The molecule has 5 N–H and O–H groups in total. The van der Waals surface area contributed by atoms with Gasteiger partial charge >= 0.3 is 0 Å². The molecule has 0 spiro atoms. The lowest BCUT2D eigenvalue weighted by molar-refractivity contribution is -0.134. The molecule has 1 saturated heterocycles. The SMILES string of the molecule is CNC(=O)[C@H]1O[C@@H](n2cnc3c(NCc4cc(Cl)ccc4OCc4cccnc4)ncnc32)[C@H](O)[C@@H]1N. The van der Waals surface area contributed by atoms with Gasteiger partial charge in [0.15, 0.2) is 29.3 Å². The summed E-state index contributed by atoms with van der Waals surface area (Å²) in [5.74, 6) is 0.702. The van der Waals surface area contributed by atoms with Crippen LogP contribution in [0.2, 0.25) is 5.02 Å². The molecular weight excluding hydrogens is 500 g/mol. The number of rotatable bonds is 8. The van der Waals surface area contributed by atoms with Crippen molar-refractivity contribution < 1.29 is 19.4 Å². The van der Waals surface area contributed by atoms with E-state index in [2.05, 4.69) is 30.6 Å². The van der Waals surface area contributed by atoms with Crippen LogP contribution in [0.15, 0.2) is 55.4 Å². The molecule has 1 aliphatic rings. The first-order valence-corrected chi connectivity index (χ1v) is 11.9. The average Bonchev–Trinajstić information content (AvgIpc) is 3.48. The number of anilines is 1. The van der Waals surface area contributed by atoms with E-state index < -0.39 is 30.4 Å². The van der Waals surface area contributed by atoms with Crippen molar-refractivity contribution in [3.8, 4) is 5.75 Å². The number of hydrogen-bond acceptors (Lipinski definition) is 10. The predicted molar refractivity (Wildman–Crippen MR) is 135 cm³/mol. The second kappa shape index (κ2) is 10.6. The largest absolute Gasteiger partial charge is 0.488 e. The fourth-order valence-electron chi connectivity index (χ4n) is 4.12. The number of nitrogens with one attached hydrogen (secondary N) is 2. The first kappa shape index (κ1) is 24.8. The van der Waals surface area contributed by atoms with Gasteiger partial charge in [-0.2, -0.15) is 0 Å². The maximum atomic E-state index is 12.1. The first-order chi connectivity index (χ1) is 18.0. The predicted octanol–water partition coefficient (Wildman–Crippen LogP) is 1.40. The minimum absolute atomic E-state index is 0.341. The zero-order valence-electron chi connectivity index (χ0n) is 19.8. The van der Waals surface area contributed by atoms with Crippen LogP contribution in [0.4, 0.5) is 5.82 Å². The van der Waals surface area contributed by atoms with Crippen molar-refractivity contribution in [2.24, 2.45) is 5.73 Å². The number of nitrogens with zero attached hydrogens (tertiary/aromatic N) is 5. The molecule has 192 valence electrons. The van der Waals surface area contributed by atoms with Crippen molar-refractivity contribution >= 4 is 34.5 Å². The molecule has 0 unspecified atom stereocenters. The highest BCUT2D eigenvalue weighted by atomic mass is 35.5. The molecule has 4 aromatic rings. The van der Waals surface area contributed by atoms with Crippen LogP contribution in [0.25, 0.3) is 11.2 Å². The number of amides is 1. The number of fused-ring (bicyclic) bond motifs is 1. The lowest BCUT2D eigenvalue weighted by atomic mass is 10.1. The van der Waals surface area contributed by atoms with E-state index in [1.54, 1.807) is 18.5 Å². The number of likely N-dealkylation sites (N-methyl/N-ethyl adjacent to an activating group) is 1. The summed E-state index contributed by atoms with van der Waals surface area (Å²) in [5.41, 5.74) is 8.65. The van der Waals surface area contributed by atoms with Gasteiger partial charge in [0.1, 0.15) is 24.8 Å². The number of carbonyl (C=O) groups is 1. The van der Waals surface area contributed by atoms with E-state index in [9.17, 15) is 9.90 Å². The third-order valence-corrected chi connectivity index (χ3v) is 6.28. The van der Waals surface area contributed by atoms with Gasteiger partial charge < -0.3 is 30.9 Å².